The van der Waals surface area contributed by atoms with Crippen molar-refractivity contribution in [3.8, 4) is 0 Å². The molecule has 4 nitrogen and oxygen atoms in total. The molecule has 0 aliphatic heterocycles. The van der Waals surface area contributed by atoms with Gasteiger partial charge in [-0.1, -0.05) is 13.8 Å². The van der Waals surface area contributed by atoms with Crippen LogP contribution in [-0.4, -0.2) is 61.1 Å². The molecular weight excluding hydrogens is 268 g/mol. The van der Waals surface area contributed by atoms with E-state index in [1.807, 2.05) is 18.8 Å². The molecule has 0 heterocycles. The van der Waals surface area contributed by atoms with E-state index in [-0.39, 0.29) is 0 Å². The quantitative estimate of drug-likeness (QED) is 0.558. The Morgan fingerprint density at radius 3 is 2.55 bits per heavy atom. The lowest BCUT2D eigenvalue weighted by molar-refractivity contribution is 0.231. The topological polar surface area (TPSA) is 39.7 Å². The van der Waals surface area contributed by atoms with E-state index >= 15 is 0 Å². The molecule has 3 unspecified atom stereocenters. The first kappa shape index (κ1) is 17.6. The van der Waals surface area contributed by atoms with E-state index in [2.05, 4.69) is 47.6 Å². The second-order valence-corrected chi connectivity index (χ2v) is 6.67. The van der Waals surface area contributed by atoms with Crippen LogP contribution in [0.2, 0.25) is 0 Å². The number of aliphatic imine (C=N–C) groups is 1. The van der Waals surface area contributed by atoms with Crippen molar-refractivity contribution >= 4 is 17.7 Å². The Hall–Kier alpha value is -0.420. The molecule has 0 amide bonds. The van der Waals surface area contributed by atoms with Crippen molar-refractivity contribution in [1.29, 1.82) is 0 Å². The zero-order valence-corrected chi connectivity index (χ0v) is 14.6. The van der Waals surface area contributed by atoms with Gasteiger partial charge in [0.1, 0.15) is 0 Å². The second-order valence-electron chi connectivity index (χ2n) is 5.54. The molecule has 1 rings (SSSR count). The zero-order chi connectivity index (χ0) is 15.0. The highest BCUT2D eigenvalue weighted by molar-refractivity contribution is 7.99. The number of hydrogen-bond acceptors (Lipinski definition) is 3. The van der Waals surface area contributed by atoms with E-state index in [9.17, 15) is 0 Å². The third kappa shape index (κ3) is 5.52. The number of rotatable bonds is 7. The smallest absolute Gasteiger partial charge is 0.191 e. The lowest BCUT2D eigenvalue weighted by Gasteiger charge is -2.27. The first-order valence-corrected chi connectivity index (χ1v) is 9.17. The molecule has 0 radical (unpaired) electrons. The van der Waals surface area contributed by atoms with E-state index < -0.39 is 0 Å². The van der Waals surface area contributed by atoms with Crippen molar-refractivity contribution < 1.29 is 0 Å². The number of guanidine groups is 1. The largest absolute Gasteiger partial charge is 0.355 e. The summed E-state index contributed by atoms with van der Waals surface area (Å²) < 4.78 is 0. The van der Waals surface area contributed by atoms with E-state index in [1.165, 1.54) is 19.3 Å². The lowest BCUT2D eigenvalue weighted by Crippen LogP contribution is -2.48. The average molecular weight is 301 g/mol. The fourth-order valence-corrected chi connectivity index (χ4v) is 3.69. The standard InChI is InChI=1S/C15H32N4S/c1-6-19(7-2)12(3)11-17-15(16-4)18-13-8-9-14(10-13)20-5/h12-14H,6-11H2,1-5H3,(H2,16,17,18). The maximum atomic E-state index is 4.35. The molecule has 118 valence electrons. The Labute approximate surface area is 129 Å². The monoisotopic (exact) mass is 300 g/mol. The summed E-state index contributed by atoms with van der Waals surface area (Å²) in [5.41, 5.74) is 0. The summed E-state index contributed by atoms with van der Waals surface area (Å²) in [5, 5.41) is 7.86. The molecule has 0 bridgehead atoms. The fraction of sp³-hybridized carbons (Fsp3) is 0.933. The normalized spacial score (nSPS) is 25.0. The van der Waals surface area contributed by atoms with Crippen LogP contribution in [0.15, 0.2) is 4.99 Å². The highest BCUT2D eigenvalue weighted by Gasteiger charge is 2.24. The summed E-state index contributed by atoms with van der Waals surface area (Å²) in [6.45, 7) is 9.85. The van der Waals surface area contributed by atoms with Gasteiger partial charge in [0.2, 0.25) is 0 Å². The van der Waals surface area contributed by atoms with E-state index in [4.69, 9.17) is 0 Å². The van der Waals surface area contributed by atoms with E-state index in [0.29, 0.717) is 12.1 Å². The van der Waals surface area contributed by atoms with Gasteiger partial charge in [0.05, 0.1) is 0 Å². The predicted octanol–water partition coefficient (Wildman–Crippen LogP) is 2.17. The van der Waals surface area contributed by atoms with Gasteiger partial charge in [-0.25, -0.2) is 0 Å². The lowest BCUT2D eigenvalue weighted by atomic mass is 10.2. The summed E-state index contributed by atoms with van der Waals surface area (Å²) >= 11 is 1.99. The van der Waals surface area contributed by atoms with Crippen LogP contribution < -0.4 is 10.6 Å². The van der Waals surface area contributed by atoms with Crippen LogP contribution in [0.4, 0.5) is 0 Å². The molecule has 1 aliphatic carbocycles. The van der Waals surface area contributed by atoms with Crippen molar-refractivity contribution in [3.05, 3.63) is 0 Å². The fourth-order valence-electron chi connectivity index (χ4n) is 2.89. The van der Waals surface area contributed by atoms with Crippen molar-refractivity contribution in [2.45, 2.75) is 57.4 Å². The van der Waals surface area contributed by atoms with Gasteiger partial charge in [-0.2, -0.15) is 11.8 Å². The van der Waals surface area contributed by atoms with Gasteiger partial charge < -0.3 is 10.6 Å². The number of hydrogen-bond donors (Lipinski definition) is 2. The van der Waals surface area contributed by atoms with Gasteiger partial charge in [0, 0.05) is 30.9 Å². The molecule has 0 aromatic heterocycles. The van der Waals surface area contributed by atoms with Crippen molar-refractivity contribution in [1.82, 2.24) is 15.5 Å². The van der Waals surface area contributed by atoms with E-state index in [0.717, 1.165) is 30.8 Å². The average Bonchev–Trinajstić information content (AvgIpc) is 2.92. The second kappa shape index (κ2) is 9.50. The van der Waals surface area contributed by atoms with Gasteiger partial charge in [0.25, 0.3) is 0 Å². The Morgan fingerprint density at radius 1 is 1.35 bits per heavy atom. The molecule has 0 aromatic carbocycles. The van der Waals surface area contributed by atoms with Crippen molar-refractivity contribution in [3.63, 3.8) is 0 Å². The Bertz CT molecular complexity index is 292. The van der Waals surface area contributed by atoms with Crippen LogP contribution >= 0.6 is 11.8 Å². The third-order valence-corrected chi connectivity index (χ3v) is 5.38. The molecule has 1 saturated carbocycles. The third-order valence-electron chi connectivity index (χ3n) is 4.28. The summed E-state index contributed by atoms with van der Waals surface area (Å²) in [6, 6.07) is 1.12. The summed E-state index contributed by atoms with van der Waals surface area (Å²) in [6.07, 6.45) is 6.06. The van der Waals surface area contributed by atoms with Gasteiger partial charge in [-0.15, -0.1) is 0 Å². The molecule has 0 saturated heterocycles. The summed E-state index contributed by atoms with van der Waals surface area (Å²) in [4.78, 5) is 6.81. The first-order chi connectivity index (χ1) is 9.64. The Kier molecular flexibility index (Phi) is 8.38. The predicted molar refractivity (Wildman–Crippen MR) is 91.8 cm³/mol. The van der Waals surface area contributed by atoms with Crippen LogP contribution in [-0.2, 0) is 0 Å². The number of nitrogens with zero attached hydrogens (tertiary/aromatic N) is 2. The zero-order valence-electron chi connectivity index (χ0n) is 13.8. The maximum absolute atomic E-state index is 4.35. The van der Waals surface area contributed by atoms with Crippen molar-refractivity contribution in [2.75, 3.05) is 32.9 Å². The molecule has 3 atom stereocenters. The molecule has 1 fully saturated rings. The molecule has 5 heteroatoms. The summed E-state index contributed by atoms with van der Waals surface area (Å²) in [7, 11) is 1.86. The minimum absolute atomic E-state index is 0.533. The first-order valence-electron chi connectivity index (χ1n) is 7.88. The SMILES string of the molecule is CCN(CC)C(C)CNC(=NC)NC1CCC(SC)C1. The molecule has 2 N–H and O–H groups in total. The van der Waals surface area contributed by atoms with Crippen LogP contribution in [0, 0.1) is 0 Å². The van der Waals surface area contributed by atoms with E-state index in [1.54, 1.807) is 0 Å². The minimum Gasteiger partial charge on any atom is -0.355 e. The summed E-state index contributed by atoms with van der Waals surface area (Å²) in [5.74, 6) is 0.954. The van der Waals surface area contributed by atoms with Gasteiger partial charge in [-0.3, -0.25) is 9.89 Å². The number of likely N-dealkylation sites (N-methyl/N-ethyl adjacent to an activating group) is 1. The molecule has 0 aromatic rings. The van der Waals surface area contributed by atoms with Crippen LogP contribution in [0.25, 0.3) is 0 Å². The van der Waals surface area contributed by atoms with Crippen LogP contribution in [0.3, 0.4) is 0 Å². The van der Waals surface area contributed by atoms with Crippen LogP contribution in [0.5, 0.6) is 0 Å². The van der Waals surface area contributed by atoms with Gasteiger partial charge in [0.15, 0.2) is 5.96 Å². The molecule has 1 aliphatic rings. The molecular formula is C15H32N4S. The Balaban J connectivity index is 2.33. The number of nitrogens with one attached hydrogen (secondary N) is 2. The maximum Gasteiger partial charge on any atom is 0.191 e. The minimum atomic E-state index is 0.533. The highest BCUT2D eigenvalue weighted by Crippen LogP contribution is 2.27. The molecule has 20 heavy (non-hydrogen) atoms. The van der Waals surface area contributed by atoms with Gasteiger partial charge >= 0.3 is 0 Å². The highest BCUT2D eigenvalue weighted by atomic mass is 32.2. The van der Waals surface area contributed by atoms with Gasteiger partial charge in [-0.05, 0) is 45.5 Å². The van der Waals surface area contributed by atoms with Crippen molar-refractivity contribution in [2.24, 2.45) is 4.99 Å². The number of thioether (sulfide) groups is 1. The van der Waals surface area contributed by atoms with Crippen LogP contribution in [0.1, 0.15) is 40.0 Å². The Morgan fingerprint density at radius 2 is 2.05 bits per heavy atom. The molecule has 0 spiro atoms.